The Bertz CT molecular complexity index is 493. The zero-order valence-electron chi connectivity index (χ0n) is 12.8. The molecule has 1 aliphatic heterocycles. The van der Waals surface area contributed by atoms with Gasteiger partial charge >= 0.3 is 0 Å². The largest absolute Gasteiger partial charge is 0.381 e. The zero-order valence-corrected chi connectivity index (χ0v) is 13.6. The number of benzene rings is 1. The number of ether oxygens (including phenoxy) is 1. The number of halogens is 2. The fourth-order valence-corrected chi connectivity index (χ4v) is 2.76. The van der Waals surface area contributed by atoms with Gasteiger partial charge in [0.2, 0.25) is 5.91 Å². The van der Waals surface area contributed by atoms with Crippen molar-refractivity contribution in [2.24, 2.45) is 5.73 Å². The SMILES string of the molecule is CCCC(N)C(=O)NC1(c2cccc(F)c2)CCOCC1.Cl. The summed E-state index contributed by atoms with van der Waals surface area (Å²) in [7, 11) is 0. The molecule has 1 atom stereocenters. The van der Waals surface area contributed by atoms with E-state index in [9.17, 15) is 9.18 Å². The fourth-order valence-electron chi connectivity index (χ4n) is 2.76. The van der Waals surface area contributed by atoms with Crippen LogP contribution in [0.25, 0.3) is 0 Å². The Morgan fingerprint density at radius 1 is 1.45 bits per heavy atom. The van der Waals surface area contributed by atoms with Gasteiger partial charge in [0.15, 0.2) is 0 Å². The molecule has 124 valence electrons. The number of carbonyl (C=O) groups is 1. The molecule has 1 aromatic carbocycles. The first-order valence-corrected chi connectivity index (χ1v) is 7.49. The van der Waals surface area contributed by atoms with Crippen LogP contribution in [0.4, 0.5) is 4.39 Å². The summed E-state index contributed by atoms with van der Waals surface area (Å²) in [6.07, 6.45) is 2.74. The van der Waals surface area contributed by atoms with E-state index in [0.29, 0.717) is 32.5 Å². The van der Waals surface area contributed by atoms with E-state index in [2.05, 4.69) is 5.32 Å². The molecule has 1 unspecified atom stereocenters. The lowest BCUT2D eigenvalue weighted by Crippen LogP contribution is -2.54. The molecular weight excluding hydrogens is 307 g/mol. The monoisotopic (exact) mass is 330 g/mol. The van der Waals surface area contributed by atoms with Crippen LogP contribution < -0.4 is 11.1 Å². The number of nitrogens with two attached hydrogens (primary N) is 1. The minimum Gasteiger partial charge on any atom is -0.381 e. The van der Waals surface area contributed by atoms with Crippen LogP contribution in [-0.4, -0.2) is 25.2 Å². The number of amides is 1. The average Bonchev–Trinajstić information content (AvgIpc) is 2.48. The van der Waals surface area contributed by atoms with Crippen LogP contribution in [0.1, 0.15) is 38.2 Å². The third-order valence-corrected chi connectivity index (χ3v) is 4.02. The van der Waals surface area contributed by atoms with E-state index in [4.69, 9.17) is 10.5 Å². The van der Waals surface area contributed by atoms with Crippen molar-refractivity contribution in [2.45, 2.75) is 44.2 Å². The van der Waals surface area contributed by atoms with Crippen LogP contribution in [0, 0.1) is 5.82 Å². The third kappa shape index (κ3) is 4.41. The highest BCUT2D eigenvalue weighted by Crippen LogP contribution is 2.32. The highest BCUT2D eigenvalue weighted by molar-refractivity contribution is 5.85. The molecule has 0 aliphatic carbocycles. The van der Waals surface area contributed by atoms with Crippen molar-refractivity contribution in [2.75, 3.05) is 13.2 Å². The quantitative estimate of drug-likeness (QED) is 0.871. The molecule has 1 fully saturated rings. The highest BCUT2D eigenvalue weighted by Gasteiger charge is 2.37. The van der Waals surface area contributed by atoms with Gasteiger partial charge in [0, 0.05) is 13.2 Å². The van der Waals surface area contributed by atoms with Crippen molar-refractivity contribution in [3.8, 4) is 0 Å². The van der Waals surface area contributed by atoms with Gasteiger partial charge in [-0.05, 0) is 37.0 Å². The predicted octanol–water partition coefficient (Wildman–Crippen LogP) is 2.50. The summed E-state index contributed by atoms with van der Waals surface area (Å²) >= 11 is 0. The minimum atomic E-state index is -0.581. The maximum absolute atomic E-state index is 13.5. The van der Waals surface area contributed by atoms with Crippen molar-refractivity contribution in [3.05, 3.63) is 35.6 Å². The van der Waals surface area contributed by atoms with Gasteiger partial charge in [-0.15, -0.1) is 12.4 Å². The topological polar surface area (TPSA) is 64.4 Å². The average molecular weight is 331 g/mol. The molecule has 3 N–H and O–H groups in total. The van der Waals surface area contributed by atoms with E-state index in [1.807, 2.05) is 13.0 Å². The van der Waals surface area contributed by atoms with Crippen LogP contribution >= 0.6 is 12.4 Å². The van der Waals surface area contributed by atoms with Gasteiger partial charge in [-0.25, -0.2) is 4.39 Å². The summed E-state index contributed by atoms with van der Waals surface area (Å²) in [6, 6.07) is 5.88. The molecule has 2 rings (SSSR count). The lowest BCUT2D eigenvalue weighted by atomic mass is 9.82. The van der Waals surface area contributed by atoms with Crippen LogP contribution in [0.15, 0.2) is 24.3 Å². The molecule has 0 spiro atoms. The predicted molar refractivity (Wildman–Crippen MR) is 86.4 cm³/mol. The van der Waals surface area contributed by atoms with E-state index in [-0.39, 0.29) is 24.1 Å². The summed E-state index contributed by atoms with van der Waals surface area (Å²) in [4.78, 5) is 12.3. The molecule has 22 heavy (non-hydrogen) atoms. The van der Waals surface area contributed by atoms with Crippen molar-refractivity contribution < 1.29 is 13.9 Å². The van der Waals surface area contributed by atoms with Gasteiger partial charge in [-0.1, -0.05) is 25.5 Å². The second-order valence-corrected chi connectivity index (χ2v) is 5.59. The van der Waals surface area contributed by atoms with E-state index >= 15 is 0 Å². The molecular formula is C16H24ClFN2O2. The molecule has 0 aromatic heterocycles. The van der Waals surface area contributed by atoms with Crippen LogP contribution in [0.2, 0.25) is 0 Å². The molecule has 0 bridgehead atoms. The highest BCUT2D eigenvalue weighted by atomic mass is 35.5. The Kier molecular flexibility index (Phi) is 7.26. The fraction of sp³-hybridized carbons (Fsp3) is 0.562. The van der Waals surface area contributed by atoms with Gasteiger partial charge in [0.25, 0.3) is 0 Å². The first-order valence-electron chi connectivity index (χ1n) is 7.49. The van der Waals surface area contributed by atoms with E-state index in [1.165, 1.54) is 12.1 Å². The van der Waals surface area contributed by atoms with E-state index in [1.54, 1.807) is 6.07 Å². The van der Waals surface area contributed by atoms with E-state index < -0.39 is 11.6 Å². The molecule has 1 amide bonds. The summed E-state index contributed by atoms with van der Waals surface area (Å²) in [5, 5.41) is 3.05. The molecule has 1 heterocycles. The Balaban J connectivity index is 0.00000242. The standard InChI is InChI=1S/C16H23FN2O2.ClH/c1-2-4-14(18)15(20)19-16(7-9-21-10-8-16)12-5-3-6-13(17)11-12;/h3,5-6,11,14H,2,4,7-10,18H2,1H3,(H,19,20);1H. The lowest BCUT2D eigenvalue weighted by molar-refractivity contribution is -0.126. The van der Waals surface area contributed by atoms with Gasteiger partial charge in [0.1, 0.15) is 5.82 Å². The van der Waals surface area contributed by atoms with Gasteiger partial charge < -0.3 is 15.8 Å². The molecule has 0 radical (unpaired) electrons. The molecule has 6 heteroatoms. The van der Waals surface area contributed by atoms with Crippen molar-refractivity contribution in [1.82, 2.24) is 5.32 Å². The van der Waals surface area contributed by atoms with Gasteiger partial charge in [0.05, 0.1) is 11.6 Å². The van der Waals surface area contributed by atoms with E-state index in [0.717, 1.165) is 12.0 Å². The van der Waals surface area contributed by atoms with Crippen LogP contribution in [0.5, 0.6) is 0 Å². The van der Waals surface area contributed by atoms with Gasteiger partial charge in [-0.3, -0.25) is 4.79 Å². The van der Waals surface area contributed by atoms with Crippen LogP contribution in [-0.2, 0) is 15.1 Å². The first-order chi connectivity index (χ1) is 10.1. The molecule has 1 aromatic rings. The number of rotatable bonds is 5. The minimum absolute atomic E-state index is 0. The maximum Gasteiger partial charge on any atom is 0.237 e. The summed E-state index contributed by atoms with van der Waals surface area (Å²) in [6.45, 7) is 3.07. The second kappa shape index (κ2) is 8.46. The van der Waals surface area contributed by atoms with Gasteiger partial charge in [-0.2, -0.15) is 0 Å². The smallest absolute Gasteiger partial charge is 0.237 e. The normalized spacial score (nSPS) is 18.1. The number of carbonyl (C=O) groups excluding carboxylic acids is 1. The molecule has 1 saturated heterocycles. The Morgan fingerprint density at radius 3 is 2.73 bits per heavy atom. The third-order valence-electron chi connectivity index (χ3n) is 4.02. The molecule has 1 aliphatic rings. The van der Waals surface area contributed by atoms with Crippen molar-refractivity contribution in [1.29, 1.82) is 0 Å². The Morgan fingerprint density at radius 2 is 2.14 bits per heavy atom. The summed E-state index contributed by atoms with van der Waals surface area (Å²) < 4.78 is 18.9. The summed E-state index contributed by atoms with van der Waals surface area (Å²) in [5.41, 5.74) is 6.09. The Hall–Kier alpha value is -1.17. The lowest BCUT2D eigenvalue weighted by Gasteiger charge is -2.39. The second-order valence-electron chi connectivity index (χ2n) is 5.59. The van der Waals surface area contributed by atoms with Crippen molar-refractivity contribution in [3.63, 3.8) is 0 Å². The summed E-state index contributed by atoms with van der Waals surface area (Å²) in [5.74, 6) is -0.478. The molecule has 0 saturated carbocycles. The maximum atomic E-state index is 13.5. The molecule has 4 nitrogen and oxygen atoms in total. The number of hydrogen-bond donors (Lipinski definition) is 2. The Labute approximate surface area is 137 Å². The first kappa shape index (κ1) is 18.9. The van der Waals surface area contributed by atoms with Crippen molar-refractivity contribution >= 4 is 18.3 Å². The number of hydrogen-bond acceptors (Lipinski definition) is 3. The zero-order chi connectivity index (χ0) is 15.3. The number of nitrogens with one attached hydrogen (secondary N) is 1. The van der Waals surface area contributed by atoms with Crippen LogP contribution in [0.3, 0.4) is 0 Å².